The van der Waals surface area contributed by atoms with E-state index < -0.39 is 0 Å². The van der Waals surface area contributed by atoms with Crippen LogP contribution < -0.4 is 16.2 Å². The zero-order valence-electron chi connectivity index (χ0n) is 21.5. The number of ether oxygens (including phenoxy) is 1. The number of amides is 1. The number of carbonyl (C=O) groups excluding carboxylic acids is 1. The van der Waals surface area contributed by atoms with Crippen molar-refractivity contribution in [3.63, 3.8) is 0 Å². The quantitative estimate of drug-likeness (QED) is 0.566. The molecule has 2 saturated heterocycles. The van der Waals surface area contributed by atoms with E-state index in [1.165, 1.54) is 29.5 Å². The highest BCUT2D eigenvalue weighted by Gasteiger charge is 2.67. The van der Waals surface area contributed by atoms with Gasteiger partial charge in [0.1, 0.15) is 0 Å². The van der Waals surface area contributed by atoms with Crippen LogP contribution in [0.4, 0.5) is 5.69 Å². The summed E-state index contributed by atoms with van der Waals surface area (Å²) in [6.07, 6.45) is 10.3. The molecule has 1 amide bonds. The fraction of sp³-hybridized carbons (Fsp3) is 0.516. The Balaban J connectivity index is 0.935. The molecule has 3 N–H and O–H groups in total. The highest BCUT2D eigenvalue weighted by molar-refractivity contribution is 6.08. The number of nitrogens with zero attached hydrogens (tertiary/aromatic N) is 1. The molecule has 4 fully saturated rings. The first-order valence-electron chi connectivity index (χ1n) is 14.2. The molecule has 5 aliphatic rings. The molecule has 37 heavy (non-hydrogen) atoms. The minimum Gasteiger partial charge on any atom is -0.379 e. The first-order valence-corrected chi connectivity index (χ1v) is 14.2. The van der Waals surface area contributed by atoms with E-state index in [1.807, 2.05) is 12.1 Å². The highest BCUT2D eigenvalue weighted by Crippen LogP contribution is 2.64. The summed E-state index contributed by atoms with van der Waals surface area (Å²) < 4.78 is 5.45. The Labute approximate surface area is 219 Å². The van der Waals surface area contributed by atoms with E-state index in [1.54, 1.807) is 0 Å². The van der Waals surface area contributed by atoms with Gasteiger partial charge >= 0.3 is 0 Å². The largest absolute Gasteiger partial charge is 0.379 e. The normalized spacial score (nSPS) is 35.0. The summed E-state index contributed by atoms with van der Waals surface area (Å²) in [6, 6.07) is 18.2. The summed E-state index contributed by atoms with van der Waals surface area (Å²) in [5.41, 5.74) is 11.8. The molecule has 2 aromatic carbocycles. The van der Waals surface area contributed by atoms with Crippen molar-refractivity contribution in [1.82, 2.24) is 15.8 Å². The van der Waals surface area contributed by atoms with Gasteiger partial charge in [0.2, 0.25) is 5.91 Å². The van der Waals surface area contributed by atoms with Gasteiger partial charge < -0.3 is 10.1 Å². The third kappa shape index (κ3) is 4.34. The van der Waals surface area contributed by atoms with Crippen LogP contribution in [0.2, 0.25) is 0 Å². The molecule has 6 nitrogen and oxygen atoms in total. The molecule has 4 unspecified atom stereocenters. The Morgan fingerprint density at radius 1 is 1.03 bits per heavy atom. The first kappa shape index (κ1) is 23.6. The second-order valence-electron chi connectivity index (χ2n) is 11.7. The summed E-state index contributed by atoms with van der Waals surface area (Å²) in [4.78, 5) is 15.4. The lowest BCUT2D eigenvalue weighted by molar-refractivity contribution is -0.118. The summed E-state index contributed by atoms with van der Waals surface area (Å²) in [5.74, 6) is 1.93. The Morgan fingerprint density at radius 2 is 1.86 bits per heavy atom. The number of hydrogen-bond donors (Lipinski definition) is 3. The maximum atomic E-state index is 12.9. The minimum atomic E-state index is -0.256. The predicted molar refractivity (Wildman–Crippen MR) is 146 cm³/mol. The maximum absolute atomic E-state index is 12.9. The lowest BCUT2D eigenvalue weighted by Gasteiger charge is -2.33. The molecule has 2 aliphatic carbocycles. The van der Waals surface area contributed by atoms with Gasteiger partial charge in [-0.05, 0) is 72.6 Å². The standard InChI is InChI=1S/C31H38N4O2/c36-30-31(25-3-1-2-4-28(25)32-30)20-26(31)23-10-11-24-27(33-34-29(24)19-23)12-9-21-5-7-22(8-6-21)13-14-35-15-17-37-18-16-35/h1-9,12,23-24,26-27,29,33-34H,10-11,13-20H2,(H,32,36)/b12-9+/t23?,24?,26-,27?,29?,31-/m0/s1. The van der Waals surface area contributed by atoms with Crippen LogP contribution in [-0.4, -0.2) is 55.7 Å². The van der Waals surface area contributed by atoms with Gasteiger partial charge in [0.05, 0.1) is 18.6 Å². The first-order chi connectivity index (χ1) is 18.2. The number of hydrogen-bond acceptors (Lipinski definition) is 5. The second kappa shape index (κ2) is 9.66. The molecule has 7 rings (SSSR count). The predicted octanol–water partition coefficient (Wildman–Crippen LogP) is 3.75. The van der Waals surface area contributed by atoms with Crippen molar-refractivity contribution >= 4 is 17.7 Å². The molecule has 0 bridgehead atoms. The number of rotatable bonds is 6. The maximum Gasteiger partial charge on any atom is 0.235 e. The van der Waals surface area contributed by atoms with E-state index >= 15 is 0 Å². The van der Waals surface area contributed by atoms with Gasteiger partial charge in [-0.2, -0.15) is 0 Å². The van der Waals surface area contributed by atoms with E-state index in [0.717, 1.165) is 57.8 Å². The lowest BCUT2D eigenvalue weighted by atomic mass is 9.73. The van der Waals surface area contributed by atoms with Crippen molar-refractivity contribution in [2.75, 3.05) is 38.2 Å². The third-order valence-corrected chi connectivity index (χ3v) is 9.78. The van der Waals surface area contributed by atoms with E-state index in [4.69, 9.17) is 4.74 Å². The van der Waals surface area contributed by atoms with Crippen LogP contribution in [0.15, 0.2) is 54.6 Å². The van der Waals surface area contributed by atoms with Crippen LogP contribution in [0.1, 0.15) is 42.4 Å². The van der Waals surface area contributed by atoms with E-state index in [0.29, 0.717) is 29.8 Å². The zero-order chi connectivity index (χ0) is 24.8. The average molecular weight is 499 g/mol. The number of carbonyl (C=O) groups is 1. The fourth-order valence-electron chi connectivity index (χ4n) is 7.58. The summed E-state index contributed by atoms with van der Waals surface area (Å²) >= 11 is 0. The van der Waals surface area contributed by atoms with Gasteiger partial charge in [-0.25, -0.2) is 0 Å². The van der Waals surface area contributed by atoms with Gasteiger partial charge in [-0.15, -0.1) is 0 Å². The molecule has 194 valence electrons. The second-order valence-corrected chi connectivity index (χ2v) is 11.7. The van der Waals surface area contributed by atoms with Crippen LogP contribution >= 0.6 is 0 Å². The molecular formula is C31H38N4O2. The van der Waals surface area contributed by atoms with Gasteiger partial charge in [0.25, 0.3) is 0 Å². The molecule has 2 saturated carbocycles. The van der Waals surface area contributed by atoms with Crippen LogP contribution in [0.5, 0.6) is 0 Å². The van der Waals surface area contributed by atoms with Crippen molar-refractivity contribution in [3.05, 3.63) is 71.3 Å². The molecule has 6 atom stereocenters. The van der Waals surface area contributed by atoms with E-state index in [9.17, 15) is 4.79 Å². The number of para-hydroxylation sites is 1. The summed E-state index contributed by atoms with van der Waals surface area (Å²) in [5, 5.41) is 3.15. The summed E-state index contributed by atoms with van der Waals surface area (Å²) in [6.45, 7) is 4.94. The van der Waals surface area contributed by atoms with E-state index in [2.05, 4.69) is 69.6 Å². The van der Waals surface area contributed by atoms with Crippen molar-refractivity contribution in [2.24, 2.45) is 17.8 Å². The zero-order valence-corrected chi connectivity index (χ0v) is 21.5. The number of benzene rings is 2. The number of nitrogens with one attached hydrogen (secondary N) is 3. The average Bonchev–Trinajstić information content (AvgIpc) is 3.48. The molecule has 0 radical (unpaired) electrons. The van der Waals surface area contributed by atoms with Gasteiger partial charge in [-0.3, -0.25) is 20.5 Å². The summed E-state index contributed by atoms with van der Waals surface area (Å²) in [7, 11) is 0. The smallest absolute Gasteiger partial charge is 0.235 e. The molecule has 1 spiro atoms. The Bertz CT molecular complexity index is 1170. The molecule has 6 heteroatoms. The number of morpholine rings is 1. The van der Waals surface area contributed by atoms with Gasteiger partial charge in [-0.1, -0.05) is 54.6 Å². The van der Waals surface area contributed by atoms with Crippen LogP contribution in [0.3, 0.4) is 0 Å². The van der Waals surface area contributed by atoms with Crippen LogP contribution in [0, 0.1) is 17.8 Å². The van der Waals surface area contributed by atoms with Gasteiger partial charge in [0.15, 0.2) is 0 Å². The SMILES string of the molecule is O=C1Nc2ccccc2[C@]12C[C@H]2C1CCC2C(/C=C/c3ccc(CCN4CCOCC4)cc3)NNC2C1. The van der Waals surface area contributed by atoms with Crippen LogP contribution in [-0.2, 0) is 21.4 Å². The molecule has 2 aromatic rings. The van der Waals surface area contributed by atoms with Crippen molar-refractivity contribution in [1.29, 1.82) is 0 Å². The van der Waals surface area contributed by atoms with Crippen LogP contribution in [0.25, 0.3) is 6.08 Å². The third-order valence-electron chi connectivity index (χ3n) is 9.78. The molecular weight excluding hydrogens is 460 g/mol. The topological polar surface area (TPSA) is 65.6 Å². The molecule has 0 aromatic heterocycles. The van der Waals surface area contributed by atoms with Crippen molar-refractivity contribution < 1.29 is 9.53 Å². The Kier molecular flexibility index (Phi) is 6.16. The van der Waals surface area contributed by atoms with Crippen molar-refractivity contribution in [2.45, 2.75) is 49.6 Å². The van der Waals surface area contributed by atoms with Gasteiger partial charge in [0, 0.05) is 37.4 Å². The highest BCUT2D eigenvalue weighted by atomic mass is 16.5. The Morgan fingerprint density at radius 3 is 2.73 bits per heavy atom. The van der Waals surface area contributed by atoms with E-state index in [-0.39, 0.29) is 11.3 Å². The van der Waals surface area contributed by atoms with Crippen molar-refractivity contribution in [3.8, 4) is 0 Å². The Hall–Kier alpha value is -2.51. The minimum absolute atomic E-state index is 0.228. The molecule has 3 heterocycles. The monoisotopic (exact) mass is 498 g/mol. The fourth-order valence-corrected chi connectivity index (χ4v) is 7.58. The number of fused-ring (bicyclic) bond motifs is 3. The lowest BCUT2D eigenvalue weighted by Crippen LogP contribution is -2.37. The number of hydrazine groups is 1. The molecule has 3 aliphatic heterocycles. The number of anilines is 1.